The van der Waals surface area contributed by atoms with E-state index in [1.165, 1.54) is 4.90 Å². The third kappa shape index (κ3) is 3.48. The average Bonchev–Trinajstić information content (AvgIpc) is 2.99. The van der Waals surface area contributed by atoms with Gasteiger partial charge in [-0.2, -0.15) is 0 Å². The predicted molar refractivity (Wildman–Crippen MR) is 103 cm³/mol. The molecule has 4 rings (SSSR count). The summed E-state index contributed by atoms with van der Waals surface area (Å²) in [5.41, 5.74) is 0.547. The van der Waals surface area contributed by atoms with Gasteiger partial charge in [0.1, 0.15) is 11.9 Å². The first-order valence-electron chi connectivity index (χ1n) is 10.0. The molecule has 0 radical (unpaired) electrons. The molecule has 3 heterocycles. The number of carbonyl (C=O) groups is 3. The minimum absolute atomic E-state index is 0.196. The van der Waals surface area contributed by atoms with E-state index in [1.807, 2.05) is 6.07 Å². The molecule has 3 amide bonds. The van der Waals surface area contributed by atoms with Crippen molar-refractivity contribution in [3.8, 4) is 0 Å². The van der Waals surface area contributed by atoms with Crippen molar-refractivity contribution in [1.29, 1.82) is 0 Å². The highest BCUT2D eigenvalue weighted by Crippen LogP contribution is 2.38. The Bertz CT molecular complexity index is 736. The molecule has 150 valence electrons. The van der Waals surface area contributed by atoms with Crippen LogP contribution in [0, 0.1) is 11.8 Å². The number of likely N-dealkylation sites (tertiary alicyclic amines) is 1. The van der Waals surface area contributed by atoms with Crippen LogP contribution in [0.4, 0.5) is 11.5 Å². The van der Waals surface area contributed by atoms with Crippen LogP contribution < -0.4 is 10.2 Å². The van der Waals surface area contributed by atoms with E-state index >= 15 is 0 Å². The van der Waals surface area contributed by atoms with Crippen molar-refractivity contribution >= 4 is 29.2 Å². The van der Waals surface area contributed by atoms with Crippen molar-refractivity contribution in [2.24, 2.45) is 11.8 Å². The van der Waals surface area contributed by atoms with Crippen LogP contribution >= 0.6 is 0 Å². The van der Waals surface area contributed by atoms with Gasteiger partial charge in [-0.25, -0.2) is 4.98 Å². The maximum atomic E-state index is 12.7. The Morgan fingerprint density at radius 1 is 1.14 bits per heavy atom. The first-order valence-corrected chi connectivity index (χ1v) is 10.0. The second-order valence-electron chi connectivity index (χ2n) is 7.71. The molecule has 3 aliphatic rings. The van der Waals surface area contributed by atoms with Gasteiger partial charge in [0.15, 0.2) is 0 Å². The number of morpholine rings is 1. The van der Waals surface area contributed by atoms with Gasteiger partial charge >= 0.3 is 0 Å². The van der Waals surface area contributed by atoms with Crippen molar-refractivity contribution in [3.05, 3.63) is 18.3 Å². The molecular weight excluding hydrogens is 360 g/mol. The monoisotopic (exact) mass is 386 g/mol. The lowest BCUT2D eigenvalue weighted by atomic mass is 9.81. The fourth-order valence-corrected chi connectivity index (χ4v) is 4.37. The van der Waals surface area contributed by atoms with E-state index in [-0.39, 0.29) is 29.6 Å². The molecule has 0 unspecified atom stereocenters. The van der Waals surface area contributed by atoms with E-state index in [9.17, 15) is 14.4 Å². The van der Waals surface area contributed by atoms with Crippen LogP contribution in [-0.4, -0.2) is 60.0 Å². The molecule has 2 saturated heterocycles. The van der Waals surface area contributed by atoms with Gasteiger partial charge in [0.05, 0.1) is 36.9 Å². The van der Waals surface area contributed by atoms with E-state index in [0.29, 0.717) is 18.9 Å². The first kappa shape index (κ1) is 18.9. The maximum absolute atomic E-state index is 12.7. The lowest BCUT2D eigenvalue weighted by Gasteiger charge is -2.27. The highest BCUT2D eigenvalue weighted by Gasteiger charge is 2.50. The number of aromatic nitrogens is 1. The van der Waals surface area contributed by atoms with Crippen molar-refractivity contribution < 1.29 is 19.1 Å². The number of amides is 3. The van der Waals surface area contributed by atoms with Gasteiger partial charge in [-0.1, -0.05) is 12.8 Å². The van der Waals surface area contributed by atoms with E-state index < -0.39 is 6.04 Å². The predicted octanol–water partition coefficient (Wildman–Crippen LogP) is 1.42. The zero-order valence-corrected chi connectivity index (χ0v) is 16.1. The van der Waals surface area contributed by atoms with Crippen LogP contribution in [0.1, 0.15) is 32.6 Å². The number of pyridine rings is 1. The first-order chi connectivity index (χ1) is 13.6. The zero-order chi connectivity index (χ0) is 19.7. The number of carbonyl (C=O) groups excluding carboxylic acids is 3. The summed E-state index contributed by atoms with van der Waals surface area (Å²) in [7, 11) is 0. The molecule has 8 nitrogen and oxygen atoms in total. The minimum atomic E-state index is -0.829. The summed E-state index contributed by atoms with van der Waals surface area (Å²) in [5, 5.41) is 2.78. The third-order valence-electron chi connectivity index (χ3n) is 5.99. The average molecular weight is 386 g/mol. The number of nitrogens with one attached hydrogen (secondary N) is 1. The molecule has 1 aliphatic carbocycles. The highest BCUT2D eigenvalue weighted by atomic mass is 16.5. The van der Waals surface area contributed by atoms with Gasteiger partial charge in [-0.05, 0) is 31.9 Å². The molecule has 2 aliphatic heterocycles. The Balaban J connectivity index is 1.40. The van der Waals surface area contributed by atoms with Crippen LogP contribution in [0.15, 0.2) is 18.3 Å². The Kier molecular flexibility index (Phi) is 5.30. The number of hydrogen-bond acceptors (Lipinski definition) is 6. The van der Waals surface area contributed by atoms with Gasteiger partial charge in [0.2, 0.25) is 17.7 Å². The van der Waals surface area contributed by atoms with Gasteiger partial charge in [0, 0.05) is 13.1 Å². The van der Waals surface area contributed by atoms with E-state index in [4.69, 9.17) is 4.74 Å². The van der Waals surface area contributed by atoms with Gasteiger partial charge in [0.25, 0.3) is 0 Å². The van der Waals surface area contributed by atoms with Gasteiger partial charge in [-0.3, -0.25) is 19.3 Å². The Morgan fingerprint density at radius 2 is 1.79 bits per heavy atom. The van der Waals surface area contributed by atoms with Crippen LogP contribution in [-0.2, 0) is 19.1 Å². The molecule has 1 saturated carbocycles. The second kappa shape index (κ2) is 7.87. The molecule has 3 fully saturated rings. The van der Waals surface area contributed by atoms with E-state index in [0.717, 1.165) is 44.6 Å². The topological polar surface area (TPSA) is 91.8 Å². The molecule has 0 aromatic carbocycles. The summed E-state index contributed by atoms with van der Waals surface area (Å²) in [6.07, 6.45) is 5.02. The molecule has 28 heavy (non-hydrogen) atoms. The molecule has 1 N–H and O–H groups in total. The number of imide groups is 1. The third-order valence-corrected chi connectivity index (χ3v) is 5.99. The fourth-order valence-electron chi connectivity index (χ4n) is 4.37. The zero-order valence-electron chi connectivity index (χ0n) is 16.1. The summed E-state index contributed by atoms with van der Waals surface area (Å²) in [6, 6.07) is 2.81. The normalized spacial score (nSPS) is 26.2. The molecule has 1 aromatic heterocycles. The fraction of sp³-hybridized carbons (Fsp3) is 0.600. The molecule has 0 spiro atoms. The SMILES string of the molecule is C[C@H](C(=O)Nc1ccc(N2CCOCC2)nc1)N1C(=O)[C@@H]2CCCC[C@H]2C1=O. The summed E-state index contributed by atoms with van der Waals surface area (Å²) >= 11 is 0. The van der Waals surface area contributed by atoms with Crippen molar-refractivity contribution in [3.63, 3.8) is 0 Å². The lowest BCUT2D eigenvalue weighted by molar-refractivity contribution is -0.146. The van der Waals surface area contributed by atoms with Crippen LogP contribution in [0.3, 0.4) is 0 Å². The summed E-state index contributed by atoms with van der Waals surface area (Å²) < 4.78 is 5.34. The number of fused-ring (bicyclic) bond motifs is 1. The van der Waals surface area contributed by atoms with Crippen LogP contribution in [0.2, 0.25) is 0 Å². The van der Waals surface area contributed by atoms with Crippen molar-refractivity contribution in [2.75, 3.05) is 36.5 Å². The number of hydrogen-bond donors (Lipinski definition) is 1. The van der Waals surface area contributed by atoms with Crippen LogP contribution in [0.5, 0.6) is 0 Å². The summed E-state index contributed by atoms with van der Waals surface area (Å²) in [4.78, 5) is 45.7. The standard InChI is InChI=1S/C20H26N4O4/c1-13(24-19(26)15-4-2-3-5-16(15)20(24)27)18(25)22-14-6-7-17(21-12-14)23-8-10-28-11-9-23/h6-7,12-13,15-16H,2-5,8-11H2,1H3,(H,22,25)/t13-,15-,16-/m1/s1. The highest BCUT2D eigenvalue weighted by molar-refractivity contribution is 6.09. The number of rotatable bonds is 4. The molecule has 1 aromatic rings. The Hall–Kier alpha value is -2.48. The molecule has 8 heteroatoms. The summed E-state index contributed by atoms with van der Waals surface area (Å²) in [5.74, 6) is -0.419. The summed E-state index contributed by atoms with van der Waals surface area (Å²) in [6.45, 7) is 4.54. The van der Waals surface area contributed by atoms with Crippen molar-refractivity contribution in [2.45, 2.75) is 38.6 Å². The second-order valence-corrected chi connectivity index (χ2v) is 7.71. The van der Waals surface area contributed by atoms with Gasteiger partial charge < -0.3 is 15.0 Å². The quantitative estimate of drug-likeness (QED) is 0.787. The van der Waals surface area contributed by atoms with E-state index in [1.54, 1.807) is 19.2 Å². The largest absolute Gasteiger partial charge is 0.378 e. The lowest BCUT2D eigenvalue weighted by Crippen LogP contribution is -2.46. The maximum Gasteiger partial charge on any atom is 0.247 e. The van der Waals surface area contributed by atoms with Gasteiger partial charge in [-0.15, -0.1) is 0 Å². The van der Waals surface area contributed by atoms with Crippen molar-refractivity contribution in [1.82, 2.24) is 9.88 Å². The van der Waals surface area contributed by atoms with E-state index in [2.05, 4.69) is 15.2 Å². The Labute approximate surface area is 164 Å². The molecule has 3 atom stereocenters. The number of anilines is 2. The van der Waals surface area contributed by atoms with Crippen LogP contribution in [0.25, 0.3) is 0 Å². The molecular formula is C20H26N4O4. The molecule has 0 bridgehead atoms. The Morgan fingerprint density at radius 3 is 2.36 bits per heavy atom. The smallest absolute Gasteiger partial charge is 0.247 e. The number of nitrogens with zero attached hydrogens (tertiary/aromatic N) is 3. The number of ether oxygens (including phenoxy) is 1. The minimum Gasteiger partial charge on any atom is -0.378 e.